The van der Waals surface area contributed by atoms with Gasteiger partial charge in [0.15, 0.2) is 0 Å². The Morgan fingerprint density at radius 3 is 2.83 bits per heavy atom. The van der Waals surface area contributed by atoms with Crippen molar-refractivity contribution in [1.29, 1.82) is 5.26 Å². The van der Waals surface area contributed by atoms with Crippen molar-refractivity contribution in [3.8, 4) is 6.07 Å². The third-order valence-corrected chi connectivity index (χ3v) is 3.57. The molecule has 0 amide bonds. The molecular weight excluding hydrogens is 226 g/mol. The highest BCUT2D eigenvalue weighted by atomic mass is 16.5. The van der Waals surface area contributed by atoms with Gasteiger partial charge < -0.3 is 15.8 Å². The van der Waals surface area contributed by atoms with E-state index in [9.17, 15) is 0 Å². The highest BCUT2D eigenvalue weighted by Gasteiger charge is 2.27. The maximum atomic E-state index is 9.08. The largest absolute Gasteiger partial charge is 0.399 e. The number of hydrogen-bond donors (Lipinski definition) is 2. The molecule has 1 saturated heterocycles. The Hall–Kier alpha value is -1.73. The second-order valence-electron chi connectivity index (χ2n) is 5.19. The van der Waals surface area contributed by atoms with Crippen LogP contribution < -0.4 is 11.1 Å². The lowest BCUT2D eigenvalue weighted by Gasteiger charge is -2.34. The molecule has 0 radical (unpaired) electrons. The first-order chi connectivity index (χ1) is 8.63. The molecule has 4 heteroatoms. The van der Waals surface area contributed by atoms with Crippen LogP contribution in [0.2, 0.25) is 0 Å². The number of nitrogen functional groups attached to an aromatic ring is 1. The summed E-state index contributed by atoms with van der Waals surface area (Å²) in [7, 11) is 0. The van der Waals surface area contributed by atoms with Gasteiger partial charge in [-0.05, 0) is 36.5 Å². The van der Waals surface area contributed by atoms with Crippen molar-refractivity contribution in [2.75, 3.05) is 30.8 Å². The Bertz CT molecular complexity index is 459. The van der Waals surface area contributed by atoms with Crippen molar-refractivity contribution in [3.05, 3.63) is 23.8 Å². The fraction of sp³-hybridized carbons (Fsp3) is 0.500. The Morgan fingerprint density at radius 1 is 1.44 bits per heavy atom. The zero-order chi connectivity index (χ0) is 13.0. The number of benzene rings is 1. The van der Waals surface area contributed by atoms with Crippen LogP contribution in [0.3, 0.4) is 0 Å². The van der Waals surface area contributed by atoms with Crippen LogP contribution in [0.1, 0.15) is 25.3 Å². The number of ether oxygens (including phenoxy) is 1. The molecule has 0 atom stereocenters. The summed E-state index contributed by atoms with van der Waals surface area (Å²) >= 11 is 0. The van der Waals surface area contributed by atoms with Gasteiger partial charge in [0.05, 0.1) is 11.3 Å². The minimum atomic E-state index is 0.242. The molecule has 18 heavy (non-hydrogen) atoms. The topological polar surface area (TPSA) is 71.1 Å². The maximum absolute atomic E-state index is 9.08. The fourth-order valence-electron chi connectivity index (χ4n) is 2.16. The molecule has 3 N–H and O–H groups in total. The van der Waals surface area contributed by atoms with Gasteiger partial charge in [-0.3, -0.25) is 0 Å². The van der Waals surface area contributed by atoms with E-state index in [1.807, 2.05) is 12.1 Å². The van der Waals surface area contributed by atoms with Crippen LogP contribution in [0.4, 0.5) is 11.4 Å². The number of nitrogens with one attached hydrogen (secondary N) is 1. The molecule has 96 valence electrons. The minimum Gasteiger partial charge on any atom is -0.399 e. The summed E-state index contributed by atoms with van der Waals surface area (Å²) in [4.78, 5) is 0. The molecule has 1 heterocycles. The summed E-state index contributed by atoms with van der Waals surface area (Å²) in [5, 5.41) is 12.4. The highest BCUT2D eigenvalue weighted by Crippen LogP contribution is 2.30. The van der Waals surface area contributed by atoms with Crippen LogP contribution >= 0.6 is 0 Å². The van der Waals surface area contributed by atoms with Crippen LogP contribution in [0.25, 0.3) is 0 Å². The molecule has 4 nitrogen and oxygen atoms in total. The first-order valence-corrected chi connectivity index (χ1v) is 6.24. The number of hydrogen-bond acceptors (Lipinski definition) is 4. The van der Waals surface area contributed by atoms with Crippen molar-refractivity contribution in [2.45, 2.75) is 19.8 Å². The van der Waals surface area contributed by atoms with Crippen LogP contribution in [-0.2, 0) is 4.74 Å². The highest BCUT2D eigenvalue weighted by molar-refractivity contribution is 5.63. The Morgan fingerprint density at radius 2 is 2.17 bits per heavy atom. The molecule has 1 aliphatic heterocycles. The van der Waals surface area contributed by atoms with E-state index in [-0.39, 0.29) is 5.41 Å². The first kappa shape index (κ1) is 12.7. The van der Waals surface area contributed by atoms with Gasteiger partial charge in [-0.1, -0.05) is 6.92 Å². The van der Waals surface area contributed by atoms with Crippen LogP contribution in [0, 0.1) is 16.7 Å². The van der Waals surface area contributed by atoms with Gasteiger partial charge in [0.2, 0.25) is 0 Å². The lowest BCUT2D eigenvalue weighted by Crippen LogP contribution is -2.33. The van der Waals surface area contributed by atoms with Gasteiger partial charge in [0, 0.05) is 25.4 Å². The van der Waals surface area contributed by atoms with Gasteiger partial charge in [-0.15, -0.1) is 0 Å². The third kappa shape index (κ3) is 2.93. The van der Waals surface area contributed by atoms with Crippen molar-refractivity contribution in [3.63, 3.8) is 0 Å². The summed E-state index contributed by atoms with van der Waals surface area (Å²) in [6.07, 6.45) is 2.10. The molecule has 0 aliphatic carbocycles. The number of nitrogens with two attached hydrogens (primary N) is 1. The van der Waals surface area contributed by atoms with Crippen molar-refractivity contribution in [2.24, 2.45) is 5.41 Å². The number of nitrogens with zero attached hydrogens (tertiary/aromatic N) is 1. The van der Waals surface area contributed by atoms with E-state index in [4.69, 9.17) is 15.7 Å². The first-order valence-electron chi connectivity index (χ1n) is 6.24. The van der Waals surface area contributed by atoms with Gasteiger partial charge in [0.25, 0.3) is 0 Å². The fourth-order valence-corrected chi connectivity index (χ4v) is 2.16. The predicted octanol–water partition coefficient (Wildman–Crippen LogP) is 2.37. The van der Waals surface area contributed by atoms with Crippen molar-refractivity contribution < 1.29 is 4.74 Å². The van der Waals surface area contributed by atoms with Gasteiger partial charge in [0.1, 0.15) is 6.07 Å². The summed E-state index contributed by atoms with van der Waals surface area (Å²) in [5.74, 6) is 0. The Balaban J connectivity index is 2.04. The quantitative estimate of drug-likeness (QED) is 0.802. The molecule has 1 aliphatic rings. The number of rotatable bonds is 3. The molecule has 0 unspecified atom stereocenters. The molecular formula is C14H19N3O. The van der Waals surface area contributed by atoms with E-state index in [1.165, 1.54) is 0 Å². The second kappa shape index (κ2) is 5.28. The number of nitriles is 1. The summed E-state index contributed by atoms with van der Waals surface area (Å²) in [6.45, 7) is 4.76. The zero-order valence-corrected chi connectivity index (χ0v) is 10.7. The normalized spacial score (nSPS) is 18.0. The SMILES string of the molecule is CC1(CNc2ccc(N)cc2C#N)CCOCC1. The smallest absolute Gasteiger partial charge is 0.101 e. The van der Waals surface area contributed by atoms with E-state index >= 15 is 0 Å². The summed E-state index contributed by atoms with van der Waals surface area (Å²) < 4.78 is 5.38. The average molecular weight is 245 g/mol. The molecule has 0 aromatic heterocycles. The second-order valence-corrected chi connectivity index (χ2v) is 5.19. The molecule has 0 bridgehead atoms. The van der Waals surface area contributed by atoms with E-state index in [0.29, 0.717) is 11.3 Å². The van der Waals surface area contributed by atoms with Gasteiger partial charge >= 0.3 is 0 Å². The molecule has 1 aromatic carbocycles. The third-order valence-electron chi connectivity index (χ3n) is 3.57. The lowest BCUT2D eigenvalue weighted by atomic mass is 9.82. The molecule has 0 spiro atoms. The van der Waals surface area contributed by atoms with E-state index in [0.717, 1.165) is 38.3 Å². The van der Waals surface area contributed by atoms with Crippen molar-refractivity contribution in [1.82, 2.24) is 0 Å². The average Bonchev–Trinajstić information content (AvgIpc) is 2.38. The Kier molecular flexibility index (Phi) is 3.73. The minimum absolute atomic E-state index is 0.242. The summed E-state index contributed by atoms with van der Waals surface area (Å²) in [5.41, 5.74) is 8.00. The molecule has 2 rings (SSSR count). The van der Waals surface area contributed by atoms with Crippen LogP contribution in [0.5, 0.6) is 0 Å². The van der Waals surface area contributed by atoms with E-state index < -0.39 is 0 Å². The standard InChI is InChI=1S/C14H19N3O/c1-14(4-6-18-7-5-14)10-17-13-3-2-12(16)8-11(13)9-15/h2-3,8,17H,4-7,10,16H2,1H3. The molecule has 0 saturated carbocycles. The monoisotopic (exact) mass is 245 g/mol. The number of anilines is 2. The Labute approximate surface area is 108 Å². The van der Waals surface area contributed by atoms with Gasteiger partial charge in [-0.25, -0.2) is 0 Å². The van der Waals surface area contributed by atoms with Gasteiger partial charge in [-0.2, -0.15) is 5.26 Å². The van der Waals surface area contributed by atoms with Crippen LogP contribution in [-0.4, -0.2) is 19.8 Å². The molecule has 1 fully saturated rings. The summed E-state index contributed by atoms with van der Waals surface area (Å²) in [6, 6.07) is 7.56. The lowest BCUT2D eigenvalue weighted by molar-refractivity contribution is 0.0300. The van der Waals surface area contributed by atoms with E-state index in [2.05, 4.69) is 18.3 Å². The molecule has 1 aromatic rings. The zero-order valence-electron chi connectivity index (χ0n) is 10.7. The maximum Gasteiger partial charge on any atom is 0.101 e. The predicted molar refractivity (Wildman–Crippen MR) is 72.2 cm³/mol. The van der Waals surface area contributed by atoms with Crippen LogP contribution in [0.15, 0.2) is 18.2 Å². The van der Waals surface area contributed by atoms with Crippen molar-refractivity contribution >= 4 is 11.4 Å². The van der Waals surface area contributed by atoms with E-state index in [1.54, 1.807) is 6.07 Å².